The van der Waals surface area contributed by atoms with Crippen LogP contribution in [0.25, 0.3) is 0 Å². The fourth-order valence-corrected chi connectivity index (χ4v) is 2.26. The summed E-state index contributed by atoms with van der Waals surface area (Å²) < 4.78 is 7.85. The summed E-state index contributed by atoms with van der Waals surface area (Å²) in [6, 6.07) is 12.8. The zero-order valence-electron chi connectivity index (χ0n) is 13.7. The molecular formula is C18H26N2O. The van der Waals surface area contributed by atoms with Crippen LogP contribution < -0.4 is 10.2 Å². The fourth-order valence-electron chi connectivity index (χ4n) is 2.26. The van der Waals surface area contributed by atoms with Crippen molar-refractivity contribution in [2.45, 2.75) is 40.7 Å². The van der Waals surface area contributed by atoms with Gasteiger partial charge in [0.05, 0.1) is 12.6 Å². The van der Waals surface area contributed by atoms with Crippen LogP contribution in [0.3, 0.4) is 0 Å². The summed E-state index contributed by atoms with van der Waals surface area (Å²) in [5, 5.41) is 0. The van der Waals surface area contributed by atoms with Crippen molar-refractivity contribution in [3.63, 3.8) is 0 Å². The molecule has 2 aromatic rings. The van der Waals surface area contributed by atoms with E-state index in [1.54, 1.807) is 0 Å². The Balaban J connectivity index is 2.01. The Kier molecular flexibility index (Phi) is 4.94. The van der Waals surface area contributed by atoms with Gasteiger partial charge in [-0.1, -0.05) is 26.0 Å². The van der Waals surface area contributed by atoms with Crippen molar-refractivity contribution in [1.82, 2.24) is 4.68 Å². The number of hydrogen-bond donors (Lipinski definition) is 1. The van der Waals surface area contributed by atoms with E-state index in [4.69, 9.17) is 4.74 Å². The molecule has 114 valence electrons. The minimum Gasteiger partial charge on any atom is -0.493 e. The third-order valence-corrected chi connectivity index (χ3v) is 3.56. The summed E-state index contributed by atoms with van der Waals surface area (Å²) in [7, 11) is 0. The summed E-state index contributed by atoms with van der Waals surface area (Å²) in [5.41, 5.74) is 7.21. The second-order valence-corrected chi connectivity index (χ2v) is 6.08. The molecule has 1 aromatic carbocycles. The van der Waals surface area contributed by atoms with Crippen LogP contribution in [0.1, 0.15) is 43.8 Å². The van der Waals surface area contributed by atoms with Gasteiger partial charge in [0.1, 0.15) is 5.75 Å². The predicted molar refractivity (Wildman–Crippen MR) is 88.5 cm³/mol. The first-order valence-corrected chi connectivity index (χ1v) is 7.61. The van der Waals surface area contributed by atoms with Crippen molar-refractivity contribution in [1.29, 1.82) is 0 Å². The predicted octanol–water partition coefficient (Wildman–Crippen LogP) is 4.44. The molecule has 0 fully saturated rings. The van der Waals surface area contributed by atoms with Crippen LogP contribution in [0.5, 0.6) is 5.75 Å². The van der Waals surface area contributed by atoms with Crippen molar-refractivity contribution in [3.8, 4) is 5.75 Å². The number of rotatable bonds is 6. The summed E-state index contributed by atoms with van der Waals surface area (Å²) in [5.74, 6) is 1.48. The van der Waals surface area contributed by atoms with Gasteiger partial charge in [-0.15, -0.1) is 0 Å². The Morgan fingerprint density at radius 2 is 1.52 bits per heavy atom. The minimum atomic E-state index is 0.244. The van der Waals surface area contributed by atoms with Gasteiger partial charge in [-0.3, -0.25) is 4.68 Å². The largest absolute Gasteiger partial charge is 0.493 e. The molecule has 0 aliphatic rings. The molecule has 0 saturated heterocycles. The zero-order valence-corrected chi connectivity index (χ0v) is 13.7. The molecule has 0 aliphatic heterocycles. The van der Waals surface area contributed by atoms with Crippen LogP contribution in [0.2, 0.25) is 0 Å². The van der Waals surface area contributed by atoms with Crippen molar-refractivity contribution < 1.29 is 4.74 Å². The normalized spacial score (nSPS) is 12.5. The summed E-state index contributed by atoms with van der Waals surface area (Å²) >= 11 is 0. The van der Waals surface area contributed by atoms with Crippen molar-refractivity contribution in [2.75, 3.05) is 12.0 Å². The van der Waals surface area contributed by atoms with Gasteiger partial charge >= 0.3 is 0 Å². The van der Waals surface area contributed by atoms with Crippen LogP contribution in [0, 0.1) is 19.8 Å². The highest BCUT2D eigenvalue weighted by Gasteiger charge is 2.08. The van der Waals surface area contributed by atoms with Gasteiger partial charge in [0.15, 0.2) is 0 Å². The number of nitrogens with one attached hydrogen (secondary N) is 1. The van der Waals surface area contributed by atoms with Gasteiger partial charge in [-0.2, -0.15) is 0 Å². The summed E-state index contributed by atoms with van der Waals surface area (Å²) in [6.45, 7) is 11.5. The molecule has 0 saturated carbocycles. The number of ether oxygens (including phenoxy) is 1. The number of benzene rings is 1. The first kappa shape index (κ1) is 15.5. The van der Waals surface area contributed by atoms with E-state index in [1.807, 2.05) is 12.1 Å². The molecule has 0 amide bonds. The molecule has 0 bridgehead atoms. The SMILES string of the molecule is Cc1ccc(C)n1NC(C)c1ccc(OCC(C)C)cc1. The number of hydrogen-bond acceptors (Lipinski definition) is 2. The smallest absolute Gasteiger partial charge is 0.119 e. The molecule has 0 aliphatic carbocycles. The second kappa shape index (κ2) is 6.70. The lowest BCUT2D eigenvalue weighted by Gasteiger charge is -2.20. The van der Waals surface area contributed by atoms with Gasteiger partial charge in [0.2, 0.25) is 0 Å². The minimum absolute atomic E-state index is 0.244. The lowest BCUT2D eigenvalue weighted by Crippen LogP contribution is -2.20. The van der Waals surface area contributed by atoms with Crippen LogP contribution in [-0.2, 0) is 0 Å². The third-order valence-electron chi connectivity index (χ3n) is 3.56. The third kappa shape index (κ3) is 4.03. The van der Waals surface area contributed by atoms with Gasteiger partial charge in [-0.25, -0.2) is 0 Å². The maximum Gasteiger partial charge on any atom is 0.119 e. The number of aromatic nitrogens is 1. The van der Waals surface area contributed by atoms with Gasteiger partial charge in [-0.05, 0) is 56.5 Å². The molecule has 3 nitrogen and oxygen atoms in total. The highest BCUT2D eigenvalue weighted by Crippen LogP contribution is 2.20. The average molecular weight is 286 g/mol. The van der Waals surface area contributed by atoms with E-state index >= 15 is 0 Å². The Hall–Kier alpha value is -1.90. The molecule has 1 atom stereocenters. The topological polar surface area (TPSA) is 26.2 Å². The summed E-state index contributed by atoms with van der Waals surface area (Å²) in [4.78, 5) is 0. The Morgan fingerprint density at radius 1 is 0.952 bits per heavy atom. The molecule has 1 N–H and O–H groups in total. The molecule has 1 unspecified atom stereocenters. The molecule has 1 heterocycles. The molecule has 2 rings (SSSR count). The van der Waals surface area contributed by atoms with Gasteiger partial charge in [0, 0.05) is 11.4 Å². The Morgan fingerprint density at radius 3 is 2.05 bits per heavy atom. The molecule has 21 heavy (non-hydrogen) atoms. The molecule has 0 spiro atoms. The maximum absolute atomic E-state index is 5.72. The van der Waals surface area contributed by atoms with E-state index < -0.39 is 0 Å². The lowest BCUT2D eigenvalue weighted by atomic mass is 10.1. The maximum atomic E-state index is 5.72. The van der Waals surface area contributed by atoms with E-state index in [-0.39, 0.29) is 6.04 Å². The Bertz CT molecular complexity index is 550. The number of aryl methyl sites for hydroxylation is 2. The molecule has 0 radical (unpaired) electrons. The van der Waals surface area contributed by atoms with Crippen molar-refractivity contribution in [2.24, 2.45) is 5.92 Å². The van der Waals surface area contributed by atoms with E-state index in [1.165, 1.54) is 17.0 Å². The molecule has 3 heteroatoms. The van der Waals surface area contributed by atoms with Crippen LogP contribution >= 0.6 is 0 Å². The molecule has 1 aromatic heterocycles. The second-order valence-electron chi connectivity index (χ2n) is 6.08. The van der Waals surface area contributed by atoms with Crippen LogP contribution in [0.4, 0.5) is 0 Å². The highest BCUT2D eigenvalue weighted by molar-refractivity contribution is 5.30. The lowest BCUT2D eigenvalue weighted by molar-refractivity contribution is 0.271. The Labute approximate surface area is 127 Å². The quantitative estimate of drug-likeness (QED) is 0.849. The fraction of sp³-hybridized carbons (Fsp3) is 0.444. The van der Waals surface area contributed by atoms with Crippen LogP contribution in [0.15, 0.2) is 36.4 Å². The first-order chi connectivity index (χ1) is 9.97. The van der Waals surface area contributed by atoms with E-state index in [9.17, 15) is 0 Å². The van der Waals surface area contributed by atoms with Crippen molar-refractivity contribution in [3.05, 3.63) is 53.3 Å². The highest BCUT2D eigenvalue weighted by atomic mass is 16.5. The molecular weight excluding hydrogens is 260 g/mol. The van der Waals surface area contributed by atoms with Gasteiger partial charge in [0.25, 0.3) is 0 Å². The van der Waals surface area contributed by atoms with E-state index in [2.05, 4.69) is 69.0 Å². The number of nitrogens with zero attached hydrogens (tertiary/aromatic N) is 1. The first-order valence-electron chi connectivity index (χ1n) is 7.61. The standard InChI is InChI=1S/C18H26N2O/c1-13(2)12-21-18-10-8-17(9-11-18)16(5)19-20-14(3)6-7-15(20)4/h6-11,13,16,19H,12H2,1-5H3. The van der Waals surface area contributed by atoms with Crippen LogP contribution in [-0.4, -0.2) is 11.3 Å². The van der Waals surface area contributed by atoms with E-state index in [0.717, 1.165) is 12.4 Å². The van der Waals surface area contributed by atoms with Crippen molar-refractivity contribution >= 4 is 0 Å². The van der Waals surface area contributed by atoms with E-state index in [0.29, 0.717) is 5.92 Å². The monoisotopic (exact) mass is 286 g/mol. The van der Waals surface area contributed by atoms with Gasteiger partial charge < -0.3 is 10.2 Å². The average Bonchev–Trinajstić information content (AvgIpc) is 2.77. The summed E-state index contributed by atoms with van der Waals surface area (Å²) in [6.07, 6.45) is 0. The zero-order chi connectivity index (χ0) is 15.4.